The van der Waals surface area contributed by atoms with Gasteiger partial charge in [-0.1, -0.05) is 13.8 Å². The SMILES string of the molecule is CCN(CC)Cc1nc2sc(C)c(C)c2c(=O)n1C. The number of rotatable bonds is 4. The van der Waals surface area contributed by atoms with Gasteiger partial charge in [0.05, 0.1) is 11.9 Å². The second kappa shape index (κ2) is 5.43. The van der Waals surface area contributed by atoms with E-state index in [9.17, 15) is 4.79 Å². The Hall–Kier alpha value is -1.20. The van der Waals surface area contributed by atoms with Gasteiger partial charge < -0.3 is 0 Å². The molecule has 0 fully saturated rings. The summed E-state index contributed by atoms with van der Waals surface area (Å²) in [5.41, 5.74) is 1.15. The molecule has 104 valence electrons. The first-order valence-electron chi connectivity index (χ1n) is 6.67. The Balaban J connectivity index is 2.58. The molecule has 19 heavy (non-hydrogen) atoms. The summed E-state index contributed by atoms with van der Waals surface area (Å²) in [6.45, 7) is 11.0. The molecule has 0 saturated heterocycles. The van der Waals surface area contributed by atoms with Gasteiger partial charge in [-0.2, -0.15) is 0 Å². The van der Waals surface area contributed by atoms with E-state index in [1.165, 1.54) is 4.88 Å². The second-order valence-electron chi connectivity index (χ2n) is 4.82. The van der Waals surface area contributed by atoms with Crippen molar-refractivity contribution in [1.29, 1.82) is 0 Å². The maximum atomic E-state index is 12.5. The third-order valence-electron chi connectivity index (χ3n) is 3.76. The van der Waals surface area contributed by atoms with E-state index in [4.69, 9.17) is 4.98 Å². The normalized spacial score (nSPS) is 11.7. The number of hydrogen-bond acceptors (Lipinski definition) is 4. The molecule has 2 aromatic rings. The minimum Gasteiger partial charge on any atom is -0.298 e. The highest BCUT2D eigenvalue weighted by molar-refractivity contribution is 7.18. The number of aryl methyl sites for hydroxylation is 2. The van der Waals surface area contributed by atoms with Crippen molar-refractivity contribution >= 4 is 21.6 Å². The fourth-order valence-corrected chi connectivity index (χ4v) is 3.24. The predicted octanol–water partition coefficient (Wildman–Crippen LogP) is 2.45. The molecule has 0 spiro atoms. The zero-order valence-electron chi connectivity index (χ0n) is 12.3. The number of fused-ring (bicyclic) bond motifs is 1. The van der Waals surface area contributed by atoms with Crippen LogP contribution in [0.25, 0.3) is 10.2 Å². The summed E-state index contributed by atoms with van der Waals surface area (Å²) in [6, 6.07) is 0. The zero-order chi connectivity index (χ0) is 14.2. The average Bonchev–Trinajstić information content (AvgIpc) is 2.67. The minimum absolute atomic E-state index is 0.0778. The van der Waals surface area contributed by atoms with Gasteiger partial charge >= 0.3 is 0 Å². The zero-order valence-corrected chi connectivity index (χ0v) is 13.1. The molecule has 0 bridgehead atoms. The van der Waals surface area contributed by atoms with Crippen molar-refractivity contribution in [1.82, 2.24) is 14.5 Å². The highest BCUT2D eigenvalue weighted by Crippen LogP contribution is 2.26. The molecule has 0 aromatic carbocycles. The molecule has 0 N–H and O–H groups in total. The summed E-state index contributed by atoms with van der Waals surface area (Å²) in [5.74, 6) is 0.849. The van der Waals surface area contributed by atoms with Crippen molar-refractivity contribution in [3.8, 4) is 0 Å². The highest BCUT2D eigenvalue weighted by atomic mass is 32.1. The molecule has 0 amide bonds. The van der Waals surface area contributed by atoms with Crippen LogP contribution in [-0.4, -0.2) is 27.5 Å². The van der Waals surface area contributed by atoms with E-state index in [1.807, 2.05) is 20.9 Å². The van der Waals surface area contributed by atoms with E-state index in [2.05, 4.69) is 18.7 Å². The molecular weight excluding hydrogens is 258 g/mol. The van der Waals surface area contributed by atoms with E-state index in [1.54, 1.807) is 15.9 Å². The maximum absolute atomic E-state index is 12.5. The first-order valence-corrected chi connectivity index (χ1v) is 7.49. The number of thiophene rings is 1. The smallest absolute Gasteiger partial charge is 0.262 e. The quantitative estimate of drug-likeness (QED) is 0.863. The fraction of sp³-hybridized carbons (Fsp3) is 0.571. The van der Waals surface area contributed by atoms with Gasteiger partial charge in [-0.15, -0.1) is 11.3 Å². The van der Waals surface area contributed by atoms with Crippen molar-refractivity contribution in [2.75, 3.05) is 13.1 Å². The maximum Gasteiger partial charge on any atom is 0.262 e. The summed E-state index contributed by atoms with van der Waals surface area (Å²) >= 11 is 1.62. The summed E-state index contributed by atoms with van der Waals surface area (Å²) in [7, 11) is 1.82. The molecular formula is C14H21N3OS. The monoisotopic (exact) mass is 279 g/mol. The van der Waals surface area contributed by atoms with Gasteiger partial charge in [0, 0.05) is 11.9 Å². The Morgan fingerprint density at radius 2 is 1.89 bits per heavy atom. The number of nitrogens with zero attached hydrogens (tertiary/aromatic N) is 3. The van der Waals surface area contributed by atoms with Gasteiger partial charge in [0.2, 0.25) is 0 Å². The van der Waals surface area contributed by atoms with Crippen LogP contribution >= 0.6 is 11.3 Å². The molecule has 4 nitrogen and oxygen atoms in total. The molecule has 2 heterocycles. The summed E-state index contributed by atoms with van der Waals surface area (Å²) in [5, 5.41) is 0.785. The first kappa shape index (κ1) is 14.2. The highest BCUT2D eigenvalue weighted by Gasteiger charge is 2.15. The van der Waals surface area contributed by atoms with Crippen molar-refractivity contribution in [2.24, 2.45) is 7.05 Å². The largest absolute Gasteiger partial charge is 0.298 e. The van der Waals surface area contributed by atoms with Gasteiger partial charge in [0.25, 0.3) is 5.56 Å². The van der Waals surface area contributed by atoms with Gasteiger partial charge in [-0.3, -0.25) is 14.3 Å². The molecule has 0 unspecified atom stereocenters. The average molecular weight is 279 g/mol. The van der Waals surface area contributed by atoms with Gasteiger partial charge in [0.1, 0.15) is 10.7 Å². The van der Waals surface area contributed by atoms with Crippen LogP contribution in [0.1, 0.15) is 30.1 Å². The molecule has 2 rings (SSSR count). The molecule has 5 heteroatoms. The van der Waals surface area contributed by atoms with Crippen LogP contribution < -0.4 is 5.56 Å². The summed E-state index contributed by atoms with van der Waals surface area (Å²) in [4.78, 5) is 21.5. The van der Waals surface area contributed by atoms with Crippen LogP contribution in [-0.2, 0) is 13.6 Å². The lowest BCUT2D eigenvalue weighted by atomic mass is 10.2. The van der Waals surface area contributed by atoms with E-state index < -0.39 is 0 Å². The van der Waals surface area contributed by atoms with Crippen LogP contribution in [0, 0.1) is 13.8 Å². The van der Waals surface area contributed by atoms with E-state index in [0.29, 0.717) is 0 Å². The number of hydrogen-bond donors (Lipinski definition) is 0. The first-order chi connectivity index (χ1) is 8.99. The summed E-state index contributed by atoms with van der Waals surface area (Å²) in [6.07, 6.45) is 0. The van der Waals surface area contributed by atoms with E-state index in [0.717, 1.165) is 41.2 Å². The van der Waals surface area contributed by atoms with Crippen molar-refractivity contribution in [2.45, 2.75) is 34.2 Å². The number of aromatic nitrogens is 2. The predicted molar refractivity (Wildman–Crippen MR) is 81.0 cm³/mol. The third-order valence-corrected chi connectivity index (χ3v) is 4.86. The van der Waals surface area contributed by atoms with E-state index in [-0.39, 0.29) is 5.56 Å². The molecule has 0 atom stereocenters. The van der Waals surface area contributed by atoms with E-state index >= 15 is 0 Å². The van der Waals surface area contributed by atoms with Gasteiger partial charge in [-0.25, -0.2) is 4.98 Å². The topological polar surface area (TPSA) is 38.1 Å². The van der Waals surface area contributed by atoms with Crippen LogP contribution in [0.15, 0.2) is 4.79 Å². The lowest BCUT2D eigenvalue weighted by Crippen LogP contribution is -2.29. The summed E-state index contributed by atoms with van der Waals surface area (Å²) < 4.78 is 1.69. The van der Waals surface area contributed by atoms with Crippen LogP contribution in [0.3, 0.4) is 0 Å². The molecule has 2 aromatic heterocycles. The third kappa shape index (κ3) is 2.44. The van der Waals surface area contributed by atoms with Crippen molar-refractivity contribution < 1.29 is 0 Å². The Kier molecular flexibility index (Phi) is 4.06. The van der Waals surface area contributed by atoms with Crippen molar-refractivity contribution in [3.63, 3.8) is 0 Å². The lowest BCUT2D eigenvalue weighted by molar-refractivity contribution is 0.284. The van der Waals surface area contributed by atoms with Crippen LogP contribution in [0.5, 0.6) is 0 Å². The minimum atomic E-state index is 0.0778. The van der Waals surface area contributed by atoms with Gasteiger partial charge in [-0.05, 0) is 32.5 Å². The fourth-order valence-electron chi connectivity index (χ4n) is 2.21. The second-order valence-corrected chi connectivity index (χ2v) is 6.02. The molecule has 0 aliphatic heterocycles. The Morgan fingerprint density at radius 1 is 1.26 bits per heavy atom. The molecule has 0 aliphatic rings. The van der Waals surface area contributed by atoms with Crippen LogP contribution in [0.4, 0.5) is 0 Å². The molecule has 0 saturated carbocycles. The molecule has 0 aliphatic carbocycles. The van der Waals surface area contributed by atoms with Crippen LogP contribution in [0.2, 0.25) is 0 Å². The standard InChI is InChI=1S/C14H21N3OS/c1-6-17(7-2)8-11-15-13-12(14(18)16(11)5)9(3)10(4)19-13/h6-8H2,1-5H3. The molecule has 0 radical (unpaired) electrons. The van der Waals surface area contributed by atoms with Crippen molar-refractivity contribution in [3.05, 3.63) is 26.6 Å². The van der Waals surface area contributed by atoms with Gasteiger partial charge in [0.15, 0.2) is 0 Å². The Labute approximate surface area is 117 Å². The Morgan fingerprint density at radius 3 is 2.47 bits per heavy atom. The lowest BCUT2D eigenvalue weighted by Gasteiger charge is -2.18. The Bertz CT molecular complexity index is 653.